The van der Waals surface area contributed by atoms with E-state index in [1.807, 2.05) is 0 Å². The molecule has 124 valence electrons. The molecule has 0 saturated carbocycles. The van der Waals surface area contributed by atoms with Crippen molar-refractivity contribution in [2.45, 2.75) is 32.3 Å². The van der Waals surface area contributed by atoms with Gasteiger partial charge in [-0.2, -0.15) is 4.98 Å². The summed E-state index contributed by atoms with van der Waals surface area (Å²) in [6, 6.07) is 0. The van der Waals surface area contributed by atoms with Gasteiger partial charge in [-0.1, -0.05) is 0 Å². The van der Waals surface area contributed by atoms with Crippen LogP contribution in [-0.4, -0.2) is 55.3 Å². The predicted molar refractivity (Wildman–Crippen MR) is 87.1 cm³/mol. The summed E-state index contributed by atoms with van der Waals surface area (Å²) >= 11 is 0. The van der Waals surface area contributed by atoms with E-state index in [4.69, 9.17) is 15.2 Å². The van der Waals surface area contributed by atoms with Crippen LogP contribution in [0.25, 0.3) is 0 Å². The normalized spacial score (nSPS) is 15.2. The Labute approximate surface area is 132 Å². The van der Waals surface area contributed by atoms with Gasteiger partial charge in [0, 0.05) is 13.7 Å². The molecule has 0 bridgehead atoms. The van der Waals surface area contributed by atoms with Gasteiger partial charge < -0.3 is 25.4 Å². The molecular formula is C15H27N5O2. The molecule has 0 aromatic carbocycles. The van der Waals surface area contributed by atoms with Crippen LogP contribution in [0.2, 0.25) is 0 Å². The van der Waals surface area contributed by atoms with Gasteiger partial charge in [0.25, 0.3) is 0 Å². The van der Waals surface area contributed by atoms with E-state index in [0.717, 1.165) is 13.0 Å². The van der Waals surface area contributed by atoms with Crippen molar-refractivity contribution in [1.29, 1.82) is 0 Å². The van der Waals surface area contributed by atoms with Crippen LogP contribution in [0, 0.1) is 0 Å². The van der Waals surface area contributed by atoms with Crippen molar-refractivity contribution in [2.75, 3.05) is 51.4 Å². The zero-order valence-electron chi connectivity index (χ0n) is 13.6. The highest BCUT2D eigenvalue weighted by atomic mass is 16.5. The lowest BCUT2D eigenvalue weighted by atomic mass is 10.3. The van der Waals surface area contributed by atoms with Crippen molar-refractivity contribution in [2.24, 2.45) is 0 Å². The Morgan fingerprint density at radius 1 is 1.18 bits per heavy atom. The lowest BCUT2D eigenvalue weighted by molar-refractivity contribution is 0.177. The van der Waals surface area contributed by atoms with Crippen LogP contribution < -0.4 is 15.8 Å². The Morgan fingerprint density at radius 2 is 1.95 bits per heavy atom. The number of methoxy groups -OCH3 is 2. The SMILES string of the molecule is COCc1nc(NCCCCN2CCCC2)c(N)c(OC)n1. The number of ether oxygens (including phenoxy) is 2. The molecule has 0 unspecified atom stereocenters. The fraction of sp³-hybridized carbons (Fsp3) is 0.733. The quantitative estimate of drug-likeness (QED) is 0.669. The van der Waals surface area contributed by atoms with Gasteiger partial charge in [-0.25, -0.2) is 4.98 Å². The number of nitrogens with zero attached hydrogens (tertiary/aromatic N) is 3. The summed E-state index contributed by atoms with van der Waals surface area (Å²) in [6.07, 6.45) is 4.96. The molecule has 1 aromatic rings. The molecule has 22 heavy (non-hydrogen) atoms. The molecule has 3 N–H and O–H groups in total. The highest BCUT2D eigenvalue weighted by Crippen LogP contribution is 2.25. The third-order valence-corrected chi connectivity index (χ3v) is 3.82. The Morgan fingerprint density at radius 3 is 2.64 bits per heavy atom. The smallest absolute Gasteiger partial charge is 0.242 e. The molecule has 7 nitrogen and oxygen atoms in total. The van der Waals surface area contributed by atoms with E-state index in [2.05, 4.69) is 20.2 Å². The van der Waals surface area contributed by atoms with Crippen molar-refractivity contribution in [1.82, 2.24) is 14.9 Å². The van der Waals surface area contributed by atoms with Gasteiger partial charge in [0.05, 0.1) is 7.11 Å². The molecule has 1 aliphatic heterocycles. The van der Waals surface area contributed by atoms with Gasteiger partial charge in [-0.05, 0) is 45.3 Å². The van der Waals surface area contributed by atoms with E-state index in [9.17, 15) is 0 Å². The minimum absolute atomic E-state index is 0.334. The molecule has 2 rings (SSSR count). The molecule has 1 saturated heterocycles. The first-order chi connectivity index (χ1) is 10.7. The summed E-state index contributed by atoms with van der Waals surface area (Å²) in [6.45, 7) is 4.86. The largest absolute Gasteiger partial charge is 0.479 e. The monoisotopic (exact) mass is 309 g/mol. The van der Waals surface area contributed by atoms with Gasteiger partial charge in [0.2, 0.25) is 5.88 Å². The number of hydrogen-bond donors (Lipinski definition) is 2. The van der Waals surface area contributed by atoms with Gasteiger partial charge in [-0.3, -0.25) is 0 Å². The van der Waals surface area contributed by atoms with Crippen LogP contribution >= 0.6 is 0 Å². The maximum absolute atomic E-state index is 6.01. The number of nitrogen functional groups attached to an aromatic ring is 1. The number of unbranched alkanes of at least 4 members (excludes halogenated alkanes) is 1. The lowest BCUT2D eigenvalue weighted by Gasteiger charge is -2.15. The number of nitrogens with one attached hydrogen (secondary N) is 1. The summed E-state index contributed by atoms with van der Waals surface area (Å²) in [7, 11) is 3.16. The zero-order valence-corrected chi connectivity index (χ0v) is 13.6. The molecular weight excluding hydrogens is 282 g/mol. The summed E-state index contributed by atoms with van der Waals surface area (Å²) < 4.78 is 10.3. The highest BCUT2D eigenvalue weighted by molar-refractivity contribution is 5.66. The standard InChI is InChI=1S/C15H27N5O2/c1-21-11-12-18-14(13(16)15(19-12)22-2)17-7-3-4-8-20-9-5-6-10-20/h3-11,16H2,1-2H3,(H,17,18,19). The van der Waals surface area contributed by atoms with E-state index in [-0.39, 0.29) is 0 Å². The van der Waals surface area contributed by atoms with Crippen molar-refractivity contribution in [3.8, 4) is 5.88 Å². The first-order valence-corrected chi connectivity index (χ1v) is 7.90. The molecule has 1 aromatic heterocycles. The first-order valence-electron chi connectivity index (χ1n) is 7.90. The number of nitrogens with two attached hydrogens (primary N) is 1. The van der Waals surface area contributed by atoms with Crippen LogP contribution in [0.5, 0.6) is 5.88 Å². The van der Waals surface area contributed by atoms with Crippen molar-refractivity contribution < 1.29 is 9.47 Å². The number of anilines is 2. The number of likely N-dealkylation sites (tertiary alicyclic amines) is 1. The number of rotatable bonds is 9. The molecule has 7 heteroatoms. The van der Waals surface area contributed by atoms with Crippen molar-refractivity contribution >= 4 is 11.5 Å². The average molecular weight is 309 g/mol. The van der Waals surface area contributed by atoms with E-state index >= 15 is 0 Å². The second-order valence-corrected chi connectivity index (χ2v) is 5.53. The van der Waals surface area contributed by atoms with E-state index in [1.54, 1.807) is 14.2 Å². The predicted octanol–water partition coefficient (Wildman–Crippen LogP) is 1.50. The Bertz CT molecular complexity index is 463. The lowest BCUT2D eigenvalue weighted by Crippen LogP contribution is -2.21. The summed E-state index contributed by atoms with van der Waals surface area (Å²) in [5, 5.41) is 3.28. The van der Waals surface area contributed by atoms with Gasteiger partial charge in [-0.15, -0.1) is 0 Å². The summed E-state index contributed by atoms with van der Waals surface area (Å²) in [5.41, 5.74) is 6.46. The average Bonchev–Trinajstić information content (AvgIpc) is 3.03. The zero-order chi connectivity index (χ0) is 15.8. The topological polar surface area (TPSA) is 85.5 Å². The van der Waals surface area contributed by atoms with Crippen LogP contribution in [0.15, 0.2) is 0 Å². The summed E-state index contributed by atoms with van der Waals surface area (Å²) in [4.78, 5) is 11.1. The van der Waals surface area contributed by atoms with Crippen LogP contribution in [0.3, 0.4) is 0 Å². The van der Waals surface area contributed by atoms with Crippen molar-refractivity contribution in [3.63, 3.8) is 0 Å². The third kappa shape index (κ3) is 4.71. The fourth-order valence-corrected chi connectivity index (χ4v) is 2.65. The van der Waals surface area contributed by atoms with Crippen LogP contribution in [0.1, 0.15) is 31.5 Å². The molecule has 0 spiro atoms. The first kappa shape index (κ1) is 16.8. The molecule has 2 heterocycles. The van der Waals surface area contributed by atoms with E-state index in [0.29, 0.717) is 29.8 Å². The Hall–Kier alpha value is -1.60. The maximum Gasteiger partial charge on any atom is 0.242 e. The van der Waals surface area contributed by atoms with Crippen LogP contribution in [0.4, 0.5) is 11.5 Å². The van der Waals surface area contributed by atoms with E-state index in [1.165, 1.54) is 38.9 Å². The molecule has 0 radical (unpaired) electrons. The number of hydrogen-bond acceptors (Lipinski definition) is 7. The van der Waals surface area contributed by atoms with Crippen molar-refractivity contribution in [3.05, 3.63) is 5.82 Å². The molecule has 1 aliphatic rings. The second-order valence-electron chi connectivity index (χ2n) is 5.53. The number of aromatic nitrogens is 2. The van der Waals surface area contributed by atoms with Gasteiger partial charge in [0.15, 0.2) is 11.6 Å². The highest BCUT2D eigenvalue weighted by Gasteiger charge is 2.13. The van der Waals surface area contributed by atoms with Gasteiger partial charge >= 0.3 is 0 Å². The minimum Gasteiger partial charge on any atom is -0.479 e. The van der Waals surface area contributed by atoms with Gasteiger partial charge in [0.1, 0.15) is 12.3 Å². The Balaban J connectivity index is 1.81. The minimum atomic E-state index is 0.334. The molecule has 0 atom stereocenters. The Kier molecular flexibility index (Phi) is 6.67. The third-order valence-electron chi connectivity index (χ3n) is 3.82. The molecule has 0 aliphatic carbocycles. The maximum atomic E-state index is 6.01. The summed E-state index contributed by atoms with van der Waals surface area (Å²) in [5.74, 6) is 1.58. The molecule has 0 amide bonds. The second kappa shape index (κ2) is 8.75. The molecule has 1 fully saturated rings. The van der Waals surface area contributed by atoms with Crippen LogP contribution in [-0.2, 0) is 11.3 Å². The fourth-order valence-electron chi connectivity index (χ4n) is 2.65. The van der Waals surface area contributed by atoms with E-state index < -0.39 is 0 Å².